The van der Waals surface area contributed by atoms with Gasteiger partial charge in [-0.2, -0.15) is 15.4 Å². The molecule has 0 aliphatic rings. The quantitative estimate of drug-likeness (QED) is 0.629. The lowest BCUT2D eigenvalue weighted by molar-refractivity contribution is -0.118. The minimum atomic E-state index is -0.552. The van der Waals surface area contributed by atoms with Gasteiger partial charge < -0.3 is 10.6 Å². The van der Waals surface area contributed by atoms with Crippen LogP contribution in [0.4, 0.5) is 0 Å². The highest BCUT2D eigenvalue weighted by Gasteiger charge is 2.17. The number of carbonyl (C=O) groups excluding carboxylic acids is 2. The maximum Gasteiger partial charge on any atom is 0.276 e. The number of nitrogens with two attached hydrogens (primary N) is 1. The third-order valence-corrected chi connectivity index (χ3v) is 1.65. The fourth-order valence-corrected chi connectivity index (χ4v) is 0.982. The van der Waals surface area contributed by atoms with E-state index in [0.29, 0.717) is 6.54 Å². The van der Waals surface area contributed by atoms with Crippen LogP contribution in [0.5, 0.6) is 0 Å². The summed E-state index contributed by atoms with van der Waals surface area (Å²) < 4.78 is 0. The van der Waals surface area contributed by atoms with E-state index in [1.165, 1.54) is 11.1 Å². The van der Waals surface area contributed by atoms with Crippen molar-refractivity contribution in [1.82, 2.24) is 20.3 Å². The van der Waals surface area contributed by atoms with Crippen LogP contribution in [0.2, 0.25) is 0 Å². The minimum Gasteiger partial charge on any atom is -0.368 e. The zero-order chi connectivity index (χ0) is 10.6. The molecule has 0 fully saturated rings. The average molecular weight is 197 g/mol. The van der Waals surface area contributed by atoms with Crippen molar-refractivity contribution in [3.05, 3.63) is 11.9 Å². The Morgan fingerprint density at radius 1 is 1.64 bits per heavy atom. The first kappa shape index (κ1) is 10.2. The normalized spacial score (nSPS) is 9.79. The Morgan fingerprint density at radius 2 is 2.36 bits per heavy atom. The van der Waals surface area contributed by atoms with Crippen LogP contribution in [-0.4, -0.2) is 45.2 Å². The van der Waals surface area contributed by atoms with Gasteiger partial charge in [-0.15, -0.1) is 0 Å². The molecule has 14 heavy (non-hydrogen) atoms. The number of hydrogen-bond donors (Lipinski definition) is 2. The van der Waals surface area contributed by atoms with Crippen molar-refractivity contribution in [1.29, 1.82) is 0 Å². The number of carbonyl (C=O) groups is 2. The lowest BCUT2D eigenvalue weighted by Crippen LogP contribution is -2.38. The Morgan fingerprint density at radius 3 is 2.79 bits per heavy atom. The molecule has 2 amide bonds. The van der Waals surface area contributed by atoms with Crippen molar-refractivity contribution in [2.75, 3.05) is 13.1 Å². The predicted octanol–water partition coefficient (Wildman–Crippen LogP) is -1.25. The van der Waals surface area contributed by atoms with E-state index in [-0.39, 0.29) is 18.1 Å². The number of hydrogen-bond acceptors (Lipinski definition) is 4. The fraction of sp³-hybridized carbons (Fsp3) is 0.429. The molecule has 0 saturated heterocycles. The number of primary amides is 1. The van der Waals surface area contributed by atoms with Gasteiger partial charge >= 0.3 is 0 Å². The van der Waals surface area contributed by atoms with Crippen molar-refractivity contribution in [2.45, 2.75) is 6.92 Å². The third kappa shape index (κ3) is 2.28. The Hall–Kier alpha value is -1.92. The maximum atomic E-state index is 11.6. The van der Waals surface area contributed by atoms with Gasteiger partial charge in [0, 0.05) is 6.54 Å². The van der Waals surface area contributed by atoms with Gasteiger partial charge in [-0.25, -0.2) is 0 Å². The SMILES string of the molecule is CCN(CC(N)=O)C(=O)c1cn[nH]n1. The molecule has 7 heteroatoms. The number of likely N-dealkylation sites (N-methyl/N-ethyl adjacent to an activating group) is 1. The molecule has 0 unspecified atom stereocenters. The molecule has 0 radical (unpaired) electrons. The van der Waals surface area contributed by atoms with Gasteiger partial charge in [0.15, 0.2) is 5.69 Å². The molecule has 1 heterocycles. The molecule has 1 aromatic heterocycles. The summed E-state index contributed by atoms with van der Waals surface area (Å²) in [5, 5.41) is 9.43. The van der Waals surface area contributed by atoms with Gasteiger partial charge in [0.2, 0.25) is 5.91 Å². The number of H-pyrrole nitrogens is 1. The summed E-state index contributed by atoms with van der Waals surface area (Å²) in [7, 11) is 0. The van der Waals surface area contributed by atoms with E-state index in [1.54, 1.807) is 6.92 Å². The second-order valence-electron chi connectivity index (χ2n) is 2.64. The molecule has 3 N–H and O–H groups in total. The van der Waals surface area contributed by atoms with Gasteiger partial charge in [-0.05, 0) is 6.92 Å². The van der Waals surface area contributed by atoms with Crippen LogP contribution < -0.4 is 5.73 Å². The van der Waals surface area contributed by atoms with Crippen LogP contribution >= 0.6 is 0 Å². The van der Waals surface area contributed by atoms with Crippen LogP contribution in [0.1, 0.15) is 17.4 Å². The minimum absolute atomic E-state index is 0.109. The highest BCUT2D eigenvalue weighted by molar-refractivity contribution is 5.94. The zero-order valence-electron chi connectivity index (χ0n) is 7.73. The fourth-order valence-electron chi connectivity index (χ4n) is 0.982. The number of aromatic amines is 1. The molecular weight excluding hydrogens is 186 g/mol. The first-order valence-corrected chi connectivity index (χ1v) is 4.08. The molecule has 0 aromatic carbocycles. The first-order valence-electron chi connectivity index (χ1n) is 4.08. The molecule has 1 rings (SSSR count). The van der Waals surface area contributed by atoms with E-state index < -0.39 is 5.91 Å². The molecular formula is C7H11N5O2. The molecule has 0 aliphatic carbocycles. The van der Waals surface area contributed by atoms with Crippen LogP contribution in [-0.2, 0) is 4.79 Å². The number of nitrogens with zero attached hydrogens (tertiary/aromatic N) is 3. The van der Waals surface area contributed by atoms with Crippen LogP contribution in [0.3, 0.4) is 0 Å². The second-order valence-corrected chi connectivity index (χ2v) is 2.64. The Labute approximate surface area is 80.3 Å². The molecule has 0 atom stereocenters. The molecule has 1 aromatic rings. The van der Waals surface area contributed by atoms with Gasteiger partial charge in [0.1, 0.15) is 0 Å². The number of nitrogens with one attached hydrogen (secondary N) is 1. The number of rotatable bonds is 4. The van der Waals surface area contributed by atoms with Crippen LogP contribution in [0.25, 0.3) is 0 Å². The Bertz CT molecular complexity index is 321. The van der Waals surface area contributed by atoms with Crippen LogP contribution in [0, 0.1) is 0 Å². The van der Waals surface area contributed by atoms with E-state index in [2.05, 4.69) is 15.4 Å². The molecule has 0 spiro atoms. The largest absolute Gasteiger partial charge is 0.368 e. The first-order chi connectivity index (χ1) is 6.65. The highest BCUT2D eigenvalue weighted by atomic mass is 16.2. The summed E-state index contributed by atoms with van der Waals surface area (Å²) in [5.41, 5.74) is 5.16. The Kier molecular flexibility index (Phi) is 3.16. The predicted molar refractivity (Wildman–Crippen MR) is 47.2 cm³/mol. The summed E-state index contributed by atoms with van der Waals surface area (Å²) in [6, 6.07) is 0. The third-order valence-electron chi connectivity index (χ3n) is 1.65. The van der Waals surface area contributed by atoms with E-state index in [9.17, 15) is 9.59 Å². The van der Waals surface area contributed by atoms with Gasteiger partial charge in [0.25, 0.3) is 5.91 Å². The summed E-state index contributed by atoms with van der Waals surface area (Å²) in [6.45, 7) is 2.04. The topological polar surface area (TPSA) is 105 Å². The Balaban J connectivity index is 2.70. The summed E-state index contributed by atoms with van der Waals surface area (Å²) >= 11 is 0. The summed E-state index contributed by atoms with van der Waals surface area (Å²) in [4.78, 5) is 23.5. The summed E-state index contributed by atoms with van der Waals surface area (Å²) in [5.74, 6) is -0.913. The van der Waals surface area contributed by atoms with E-state index in [1.807, 2.05) is 0 Å². The van der Waals surface area contributed by atoms with Gasteiger partial charge in [0.05, 0.1) is 12.7 Å². The van der Waals surface area contributed by atoms with Gasteiger partial charge in [-0.1, -0.05) is 0 Å². The van der Waals surface area contributed by atoms with Gasteiger partial charge in [-0.3, -0.25) is 9.59 Å². The lowest BCUT2D eigenvalue weighted by atomic mass is 10.3. The van der Waals surface area contributed by atoms with Crippen LogP contribution in [0.15, 0.2) is 6.20 Å². The summed E-state index contributed by atoms with van der Waals surface area (Å²) in [6.07, 6.45) is 1.30. The van der Waals surface area contributed by atoms with Crippen molar-refractivity contribution in [3.63, 3.8) is 0 Å². The molecule has 0 aliphatic heterocycles. The monoisotopic (exact) mass is 197 g/mol. The molecule has 0 saturated carbocycles. The van der Waals surface area contributed by atoms with Crippen molar-refractivity contribution >= 4 is 11.8 Å². The van der Waals surface area contributed by atoms with E-state index in [4.69, 9.17) is 5.73 Å². The standard InChI is InChI=1S/C7H11N5O2/c1-2-12(4-6(8)13)7(14)5-3-9-11-10-5/h3H,2,4H2,1H3,(H2,8,13)(H,9,10,11). The molecule has 7 nitrogen and oxygen atoms in total. The zero-order valence-corrected chi connectivity index (χ0v) is 7.73. The second kappa shape index (κ2) is 4.35. The number of aromatic nitrogens is 3. The maximum absolute atomic E-state index is 11.6. The molecule has 76 valence electrons. The van der Waals surface area contributed by atoms with E-state index in [0.717, 1.165) is 0 Å². The van der Waals surface area contributed by atoms with Crippen molar-refractivity contribution in [3.8, 4) is 0 Å². The lowest BCUT2D eigenvalue weighted by Gasteiger charge is -2.16. The molecule has 0 bridgehead atoms. The van der Waals surface area contributed by atoms with E-state index >= 15 is 0 Å². The average Bonchev–Trinajstić information content (AvgIpc) is 2.65. The van der Waals surface area contributed by atoms with Crippen molar-refractivity contribution in [2.24, 2.45) is 5.73 Å². The smallest absolute Gasteiger partial charge is 0.276 e. The van der Waals surface area contributed by atoms with Crippen molar-refractivity contribution < 1.29 is 9.59 Å². The highest BCUT2D eigenvalue weighted by Crippen LogP contribution is 1.98. The number of amides is 2.